The number of benzene rings is 1. The molecule has 0 atom stereocenters. The van der Waals surface area contributed by atoms with E-state index in [0.717, 1.165) is 29.8 Å². The lowest BCUT2D eigenvalue weighted by molar-refractivity contribution is -0.132. The first-order valence-electron chi connectivity index (χ1n) is 8.51. The minimum absolute atomic E-state index is 0. The first-order chi connectivity index (χ1) is 12.4. The van der Waals surface area contributed by atoms with Crippen molar-refractivity contribution in [3.05, 3.63) is 47.8 Å². The number of para-hydroxylation sites is 1. The van der Waals surface area contributed by atoms with Crippen LogP contribution in [0.15, 0.2) is 41.5 Å². The molecule has 0 fully saturated rings. The summed E-state index contributed by atoms with van der Waals surface area (Å²) < 4.78 is 38.3. The number of nitrogens with zero attached hydrogens (tertiary/aromatic N) is 3. The molecular formula is C18H25F3IN5. The van der Waals surface area contributed by atoms with Crippen LogP contribution in [0.25, 0.3) is 5.69 Å². The second-order valence-corrected chi connectivity index (χ2v) is 5.91. The number of aromatic nitrogens is 2. The maximum atomic E-state index is 12.2. The van der Waals surface area contributed by atoms with Gasteiger partial charge in [0.05, 0.1) is 17.8 Å². The maximum Gasteiger partial charge on any atom is 0.390 e. The molecule has 0 aliphatic rings. The Morgan fingerprint density at radius 3 is 2.44 bits per heavy atom. The van der Waals surface area contributed by atoms with Crippen LogP contribution < -0.4 is 10.6 Å². The van der Waals surface area contributed by atoms with Gasteiger partial charge in [0, 0.05) is 26.3 Å². The second kappa shape index (κ2) is 11.2. The molecule has 27 heavy (non-hydrogen) atoms. The van der Waals surface area contributed by atoms with E-state index in [1.165, 1.54) is 7.05 Å². The first-order valence-corrected chi connectivity index (χ1v) is 8.51. The molecule has 0 amide bonds. The van der Waals surface area contributed by atoms with E-state index in [2.05, 4.69) is 20.7 Å². The van der Waals surface area contributed by atoms with Gasteiger partial charge in [-0.2, -0.15) is 18.3 Å². The fourth-order valence-corrected chi connectivity index (χ4v) is 2.48. The predicted molar refractivity (Wildman–Crippen MR) is 112 cm³/mol. The summed E-state index contributed by atoms with van der Waals surface area (Å²) in [7, 11) is 1.54. The van der Waals surface area contributed by atoms with Crippen molar-refractivity contribution in [2.45, 2.75) is 32.4 Å². The highest BCUT2D eigenvalue weighted by Gasteiger charge is 2.26. The van der Waals surface area contributed by atoms with Gasteiger partial charge in [0.1, 0.15) is 0 Å². The highest BCUT2D eigenvalue weighted by molar-refractivity contribution is 14.0. The fourth-order valence-electron chi connectivity index (χ4n) is 2.48. The molecule has 2 N–H and O–H groups in total. The van der Waals surface area contributed by atoms with Gasteiger partial charge in [0.15, 0.2) is 5.96 Å². The molecule has 0 spiro atoms. The molecule has 1 aromatic heterocycles. The Morgan fingerprint density at radius 1 is 1.15 bits per heavy atom. The van der Waals surface area contributed by atoms with Gasteiger partial charge in [0.2, 0.25) is 0 Å². The van der Waals surface area contributed by atoms with Gasteiger partial charge in [-0.05, 0) is 37.5 Å². The van der Waals surface area contributed by atoms with Crippen LogP contribution in [0.5, 0.6) is 0 Å². The number of aliphatic imine (C=N–C) groups is 1. The molecular weight excluding hydrogens is 470 g/mol. The molecule has 0 saturated carbocycles. The number of alkyl halides is 3. The zero-order valence-electron chi connectivity index (χ0n) is 15.4. The highest BCUT2D eigenvalue weighted by Crippen LogP contribution is 2.18. The molecule has 2 aromatic rings. The Morgan fingerprint density at radius 2 is 1.81 bits per heavy atom. The smallest absolute Gasteiger partial charge is 0.356 e. The van der Waals surface area contributed by atoms with Crippen LogP contribution in [-0.4, -0.2) is 42.1 Å². The van der Waals surface area contributed by atoms with Gasteiger partial charge in [-0.3, -0.25) is 4.99 Å². The topological polar surface area (TPSA) is 54.2 Å². The second-order valence-electron chi connectivity index (χ2n) is 5.91. The van der Waals surface area contributed by atoms with Crippen molar-refractivity contribution < 1.29 is 13.2 Å². The monoisotopic (exact) mass is 495 g/mol. The quantitative estimate of drug-likeness (QED) is 0.266. The van der Waals surface area contributed by atoms with Crippen molar-refractivity contribution in [1.82, 2.24) is 20.4 Å². The van der Waals surface area contributed by atoms with Crippen LogP contribution >= 0.6 is 24.0 Å². The Labute approximate surface area is 174 Å². The van der Waals surface area contributed by atoms with E-state index >= 15 is 0 Å². The van der Waals surface area contributed by atoms with E-state index in [0.29, 0.717) is 12.5 Å². The summed E-state index contributed by atoms with van der Waals surface area (Å²) in [4.78, 5) is 3.92. The van der Waals surface area contributed by atoms with Crippen LogP contribution in [0, 0.1) is 6.92 Å². The van der Waals surface area contributed by atoms with Crippen LogP contribution in [0.3, 0.4) is 0 Å². The van der Waals surface area contributed by atoms with Gasteiger partial charge in [-0.15, -0.1) is 24.0 Å². The summed E-state index contributed by atoms with van der Waals surface area (Å²) in [5.74, 6) is 0.381. The number of guanidine groups is 1. The van der Waals surface area contributed by atoms with E-state index in [9.17, 15) is 13.2 Å². The normalized spacial score (nSPS) is 11.8. The van der Waals surface area contributed by atoms with Crippen LogP contribution in [-0.2, 0) is 6.42 Å². The lowest BCUT2D eigenvalue weighted by Gasteiger charge is -2.12. The summed E-state index contributed by atoms with van der Waals surface area (Å²) in [5, 5.41) is 10.2. The largest absolute Gasteiger partial charge is 0.390 e. The molecule has 150 valence electrons. The number of hydrogen-bond donors (Lipinski definition) is 2. The third-order valence-corrected chi connectivity index (χ3v) is 3.86. The molecule has 0 radical (unpaired) electrons. The van der Waals surface area contributed by atoms with Crippen molar-refractivity contribution >= 4 is 29.9 Å². The molecule has 0 saturated heterocycles. The Bertz CT molecular complexity index is 714. The number of halogens is 4. The van der Waals surface area contributed by atoms with Gasteiger partial charge in [-0.1, -0.05) is 18.2 Å². The Balaban J connectivity index is 0.00000364. The first kappa shape index (κ1) is 23.3. The fraction of sp³-hybridized carbons (Fsp3) is 0.444. The van der Waals surface area contributed by atoms with Crippen molar-refractivity contribution in [2.75, 3.05) is 20.1 Å². The number of aryl methyl sites for hydroxylation is 2. The average molecular weight is 495 g/mol. The number of hydrogen-bond acceptors (Lipinski definition) is 2. The minimum Gasteiger partial charge on any atom is -0.356 e. The number of nitrogens with one attached hydrogen (secondary N) is 2. The molecule has 1 aromatic carbocycles. The molecule has 0 bridgehead atoms. The van der Waals surface area contributed by atoms with E-state index in [-0.39, 0.29) is 30.5 Å². The van der Waals surface area contributed by atoms with Crippen LogP contribution in [0.1, 0.15) is 24.1 Å². The van der Waals surface area contributed by atoms with Gasteiger partial charge >= 0.3 is 6.18 Å². The van der Waals surface area contributed by atoms with Crippen LogP contribution in [0.2, 0.25) is 0 Å². The molecule has 5 nitrogen and oxygen atoms in total. The maximum absolute atomic E-state index is 12.2. The predicted octanol–water partition coefficient (Wildman–Crippen LogP) is 3.85. The average Bonchev–Trinajstić information content (AvgIpc) is 2.97. The zero-order chi connectivity index (χ0) is 19.0. The van der Waals surface area contributed by atoms with E-state index in [1.54, 1.807) is 0 Å². The SMILES string of the molecule is CN=C(NCCCc1cn(-c2ccccc2)nc1C)NCCC(F)(F)F.I. The standard InChI is InChI=1S/C18H24F3N5.HI/c1-14-15(13-26(25-14)16-8-4-3-5-9-16)7-6-11-23-17(22-2)24-12-10-18(19,20)21;/h3-5,8-9,13H,6-7,10-12H2,1-2H3,(H2,22,23,24);1H. The van der Waals surface area contributed by atoms with Crippen LogP contribution in [0.4, 0.5) is 13.2 Å². The highest BCUT2D eigenvalue weighted by atomic mass is 127. The summed E-state index contributed by atoms with van der Waals surface area (Å²) in [5.41, 5.74) is 3.13. The molecule has 9 heteroatoms. The summed E-state index contributed by atoms with van der Waals surface area (Å²) in [6.07, 6.45) is -1.39. The van der Waals surface area contributed by atoms with Gasteiger partial charge in [-0.25, -0.2) is 4.68 Å². The van der Waals surface area contributed by atoms with E-state index in [1.807, 2.05) is 48.1 Å². The lowest BCUT2D eigenvalue weighted by Crippen LogP contribution is -2.39. The number of rotatable bonds is 7. The third-order valence-electron chi connectivity index (χ3n) is 3.86. The van der Waals surface area contributed by atoms with E-state index < -0.39 is 12.6 Å². The van der Waals surface area contributed by atoms with Gasteiger partial charge in [0.25, 0.3) is 0 Å². The molecule has 1 heterocycles. The summed E-state index contributed by atoms with van der Waals surface area (Å²) >= 11 is 0. The molecule has 0 unspecified atom stereocenters. The summed E-state index contributed by atoms with van der Waals surface area (Å²) in [6.45, 7) is 2.40. The van der Waals surface area contributed by atoms with Crippen molar-refractivity contribution in [3.63, 3.8) is 0 Å². The van der Waals surface area contributed by atoms with Gasteiger partial charge < -0.3 is 10.6 Å². The Hall–Kier alpha value is -1.78. The summed E-state index contributed by atoms with van der Waals surface area (Å²) in [6, 6.07) is 9.88. The lowest BCUT2D eigenvalue weighted by atomic mass is 10.1. The van der Waals surface area contributed by atoms with Crippen molar-refractivity contribution in [1.29, 1.82) is 0 Å². The van der Waals surface area contributed by atoms with Crippen molar-refractivity contribution in [2.24, 2.45) is 4.99 Å². The zero-order valence-corrected chi connectivity index (χ0v) is 17.7. The van der Waals surface area contributed by atoms with E-state index in [4.69, 9.17) is 0 Å². The minimum atomic E-state index is -4.16. The molecule has 2 rings (SSSR count). The third kappa shape index (κ3) is 8.19. The van der Waals surface area contributed by atoms with Crippen molar-refractivity contribution in [3.8, 4) is 5.69 Å². The molecule has 0 aliphatic heterocycles. The molecule has 0 aliphatic carbocycles. The Kier molecular flexibility index (Phi) is 9.61.